The SMILES string of the molecule is COc1cc(-c2ccc(F)cc2)cc2c(NCc3cnc(C)c(C)c3)ncnc12. The molecule has 0 saturated heterocycles. The number of fused-ring (bicyclic) bond motifs is 1. The molecule has 0 aliphatic heterocycles. The van der Waals surface area contributed by atoms with Gasteiger partial charge in [-0.05, 0) is 60.4 Å². The number of aromatic nitrogens is 3. The molecular weight excluding hydrogens is 367 g/mol. The molecule has 0 amide bonds. The van der Waals surface area contributed by atoms with E-state index >= 15 is 0 Å². The van der Waals surface area contributed by atoms with Crippen LogP contribution in [0.4, 0.5) is 10.2 Å². The third-order valence-electron chi connectivity index (χ3n) is 4.96. The first-order chi connectivity index (χ1) is 14.0. The number of methoxy groups -OCH3 is 1. The van der Waals surface area contributed by atoms with Crippen molar-refractivity contribution in [2.45, 2.75) is 20.4 Å². The van der Waals surface area contributed by atoms with Crippen LogP contribution in [-0.2, 0) is 6.54 Å². The number of anilines is 1. The fraction of sp³-hybridized carbons (Fsp3) is 0.174. The fourth-order valence-corrected chi connectivity index (χ4v) is 3.22. The summed E-state index contributed by atoms with van der Waals surface area (Å²) < 4.78 is 18.9. The van der Waals surface area contributed by atoms with Crippen molar-refractivity contribution in [3.8, 4) is 16.9 Å². The van der Waals surface area contributed by atoms with Crippen molar-refractivity contribution in [2.24, 2.45) is 0 Å². The molecule has 0 saturated carbocycles. The first-order valence-corrected chi connectivity index (χ1v) is 9.30. The van der Waals surface area contributed by atoms with Crippen LogP contribution in [0.2, 0.25) is 0 Å². The number of halogens is 1. The second-order valence-electron chi connectivity index (χ2n) is 6.90. The largest absolute Gasteiger partial charge is 0.494 e. The maximum Gasteiger partial charge on any atom is 0.145 e. The molecule has 2 heterocycles. The summed E-state index contributed by atoms with van der Waals surface area (Å²) >= 11 is 0. The topological polar surface area (TPSA) is 59.9 Å². The molecule has 5 nitrogen and oxygen atoms in total. The summed E-state index contributed by atoms with van der Waals surface area (Å²) in [6.45, 7) is 4.63. The first-order valence-electron chi connectivity index (χ1n) is 9.30. The van der Waals surface area contributed by atoms with Crippen molar-refractivity contribution < 1.29 is 9.13 Å². The van der Waals surface area contributed by atoms with Crippen LogP contribution < -0.4 is 10.1 Å². The molecule has 4 aromatic rings. The maximum atomic E-state index is 13.3. The summed E-state index contributed by atoms with van der Waals surface area (Å²) in [6.07, 6.45) is 3.38. The lowest BCUT2D eigenvalue weighted by Gasteiger charge is -2.13. The summed E-state index contributed by atoms with van der Waals surface area (Å²) in [6, 6.07) is 12.4. The average molecular weight is 388 g/mol. The van der Waals surface area contributed by atoms with E-state index in [0.717, 1.165) is 33.3 Å². The van der Waals surface area contributed by atoms with Gasteiger partial charge in [-0.15, -0.1) is 0 Å². The van der Waals surface area contributed by atoms with Crippen molar-refractivity contribution >= 4 is 16.7 Å². The van der Waals surface area contributed by atoms with Gasteiger partial charge >= 0.3 is 0 Å². The molecule has 2 aromatic carbocycles. The smallest absolute Gasteiger partial charge is 0.145 e. The van der Waals surface area contributed by atoms with Crippen molar-refractivity contribution in [1.29, 1.82) is 0 Å². The highest BCUT2D eigenvalue weighted by Gasteiger charge is 2.12. The summed E-state index contributed by atoms with van der Waals surface area (Å²) in [5.41, 5.74) is 5.75. The minimum atomic E-state index is -0.269. The first kappa shape index (κ1) is 18.8. The van der Waals surface area contributed by atoms with Crippen LogP contribution in [0, 0.1) is 19.7 Å². The summed E-state index contributed by atoms with van der Waals surface area (Å²) in [5.74, 6) is 1.07. The maximum absolute atomic E-state index is 13.3. The van der Waals surface area contributed by atoms with Crippen LogP contribution in [0.3, 0.4) is 0 Å². The summed E-state index contributed by atoms with van der Waals surface area (Å²) in [5, 5.41) is 4.22. The lowest BCUT2D eigenvalue weighted by Crippen LogP contribution is -2.04. The third kappa shape index (κ3) is 3.87. The number of ether oxygens (including phenoxy) is 1. The Balaban J connectivity index is 1.74. The van der Waals surface area contributed by atoms with E-state index in [1.54, 1.807) is 19.2 Å². The Morgan fingerprint density at radius 2 is 1.76 bits per heavy atom. The summed E-state index contributed by atoms with van der Waals surface area (Å²) in [4.78, 5) is 13.2. The molecule has 0 fully saturated rings. The lowest BCUT2D eigenvalue weighted by atomic mass is 10.0. The van der Waals surface area contributed by atoms with E-state index in [2.05, 4.69) is 26.3 Å². The van der Waals surface area contributed by atoms with Gasteiger partial charge in [0.2, 0.25) is 0 Å². The normalized spacial score (nSPS) is 10.9. The molecule has 0 atom stereocenters. The summed E-state index contributed by atoms with van der Waals surface area (Å²) in [7, 11) is 1.61. The molecule has 6 heteroatoms. The van der Waals surface area contributed by atoms with Crippen LogP contribution in [-0.4, -0.2) is 22.1 Å². The number of benzene rings is 2. The predicted molar refractivity (Wildman–Crippen MR) is 113 cm³/mol. The highest BCUT2D eigenvalue weighted by atomic mass is 19.1. The molecular formula is C23H21FN4O. The van der Waals surface area contributed by atoms with Crippen LogP contribution in [0.25, 0.3) is 22.0 Å². The molecule has 29 heavy (non-hydrogen) atoms. The second kappa shape index (κ2) is 7.83. The lowest BCUT2D eigenvalue weighted by molar-refractivity contribution is 0.419. The molecule has 4 rings (SSSR count). The van der Waals surface area contributed by atoms with Gasteiger partial charge in [0.1, 0.15) is 29.2 Å². The molecule has 146 valence electrons. The zero-order valence-electron chi connectivity index (χ0n) is 16.5. The zero-order valence-corrected chi connectivity index (χ0v) is 16.5. The van der Waals surface area contributed by atoms with E-state index in [0.29, 0.717) is 23.6 Å². The van der Waals surface area contributed by atoms with Crippen molar-refractivity contribution in [2.75, 3.05) is 12.4 Å². The highest BCUT2D eigenvalue weighted by molar-refractivity contribution is 5.96. The van der Waals surface area contributed by atoms with Gasteiger partial charge in [-0.3, -0.25) is 4.98 Å². The Kier molecular flexibility index (Phi) is 5.08. The van der Waals surface area contributed by atoms with E-state index in [1.807, 2.05) is 32.2 Å². The van der Waals surface area contributed by atoms with Crippen molar-refractivity contribution in [1.82, 2.24) is 15.0 Å². The molecule has 0 radical (unpaired) electrons. The van der Waals surface area contributed by atoms with Crippen LogP contribution in [0.15, 0.2) is 55.0 Å². The predicted octanol–water partition coefficient (Wildman–Crippen LogP) is 5.07. The Hall–Kier alpha value is -3.54. The molecule has 0 unspecified atom stereocenters. The minimum Gasteiger partial charge on any atom is -0.494 e. The standard InChI is InChI=1S/C23H21FN4O/c1-14-8-16(11-25-15(14)2)12-26-23-20-9-18(17-4-6-19(24)7-5-17)10-21(29-3)22(20)27-13-28-23/h4-11,13H,12H2,1-3H3,(H,26,27,28). The van der Waals surface area contributed by atoms with Crippen molar-refractivity contribution in [3.05, 3.63) is 77.6 Å². The van der Waals surface area contributed by atoms with Gasteiger partial charge in [-0.1, -0.05) is 18.2 Å². The Labute approximate surface area is 168 Å². The Morgan fingerprint density at radius 3 is 2.48 bits per heavy atom. The van der Waals surface area contributed by atoms with Crippen LogP contribution >= 0.6 is 0 Å². The average Bonchev–Trinajstić information content (AvgIpc) is 2.74. The zero-order chi connectivity index (χ0) is 20.4. The Bertz CT molecular complexity index is 1180. The van der Waals surface area contributed by atoms with Crippen LogP contribution in [0.5, 0.6) is 5.75 Å². The van der Waals surface area contributed by atoms with E-state index in [1.165, 1.54) is 18.5 Å². The highest BCUT2D eigenvalue weighted by Crippen LogP contribution is 2.34. The van der Waals surface area contributed by atoms with Gasteiger partial charge in [0.25, 0.3) is 0 Å². The van der Waals surface area contributed by atoms with Gasteiger partial charge in [0.05, 0.1) is 7.11 Å². The number of rotatable bonds is 5. The van der Waals surface area contributed by atoms with Gasteiger partial charge in [0.15, 0.2) is 0 Å². The number of nitrogens with zero attached hydrogens (tertiary/aromatic N) is 3. The van der Waals surface area contributed by atoms with Gasteiger partial charge < -0.3 is 10.1 Å². The molecule has 0 aliphatic rings. The van der Waals surface area contributed by atoms with Gasteiger partial charge in [-0.2, -0.15) is 0 Å². The van der Waals surface area contributed by atoms with Crippen LogP contribution in [0.1, 0.15) is 16.8 Å². The number of pyridine rings is 1. The van der Waals surface area contributed by atoms with Crippen molar-refractivity contribution in [3.63, 3.8) is 0 Å². The second-order valence-corrected chi connectivity index (χ2v) is 6.90. The number of hydrogen-bond donors (Lipinski definition) is 1. The number of nitrogens with one attached hydrogen (secondary N) is 1. The van der Waals surface area contributed by atoms with E-state index in [4.69, 9.17) is 4.74 Å². The van der Waals surface area contributed by atoms with Gasteiger partial charge in [0, 0.05) is 23.8 Å². The Morgan fingerprint density at radius 1 is 0.966 bits per heavy atom. The number of hydrogen-bond acceptors (Lipinski definition) is 5. The van der Waals surface area contributed by atoms with E-state index in [9.17, 15) is 4.39 Å². The van der Waals surface area contributed by atoms with E-state index in [-0.39, 0.29) is 5.82 Å². The van der Waals surface area contributed by atoms with Gasteiger partial charge in [-0.25, -0.2) is 14.4 Å². The molecule has 0 aliphatic carbocycles. The monoisotopic (exact) mass is 388 g/mol. The molecule has 2 aromatic heterocycles. The third-order valence-corrected chi connectivity index (χ3v) is 4.96. The quantitative estimate of drug-likeness (QED) is 0.517. The molecule has 0 bridgehead atoms. The molecule has 1 N–H and O–H groups in total. The fourth-order valence-electron chi connectivity index (χ4n) is 3.22. The molecule has 0 spiro atoms. The minimum absolute atomic E-state index is 0.269. The number of aryl methyl sites for hydroxylation is 2. The van der Waals surface area contributed by atoms with E-state index < -0.39 is 0 Å².